The first-order chi connectivity index (χ1) is 4.90. The average Bonchev–Trinajstić information content (AvgIpc) is 1.86. The number of amides is 1. The van der Waals surface area contributed by atoms with Crippen LogP contribution in [0, 0.1) is 0 Å². The highest BCUT2D eigenvalue weighted by molar-refractivity contribution is 7.20. The highest BCUT2D eigenvalue weighted by Gasteiger charge is 2.30. The summed E-state index contributed by atoms with van der Waals surface area (Å²) in [4.78, 5) is 11.0. The Morgan fingerprint density at radius 2 is 2.18 bits per heavy atom. The van der Waals surface area contributed by atoms with Gasteiger partial charge in [-0.1, -0.05) is 16.2 Å². The van der Waals surface area contributed by atoms with Gasteiger partial charge in [0.05, 0.1) is 0 Å². The summed E-state index contributed by atoms with van der Waals surface area (Å²) >= 11 is 0. The second-order valence-corrected chi connectivity index (χ2v) is 3.76. The molecule has 0 saturated heterocycles. The van der Waals surface area contributed by atoms with Gasteiger partial charge >= 0.3 is 0 Å². The number of hydrogen-bond acceptors (Lipinski definition) is 1. The van der Waals surface area contributed by atoms with Crippen LogP contribution in [-0.2, 0) is 4.79 Å². The van der Waals surface area contributed by atoms with E-state index >= 15 is 0 Å². The van der Waals surface area contributed by atoms with Gasteiger partial charge in [-0.15, -0.1) is 0 Å². The monoisotopic (exact) mass is 179 g/mol. The Kier molecular flexibility index (Phi) is 3.95. The van der Waals surface area contributed by atoms with E-state index in [4.69, 9.17) is 0 Å². The zero-order valence-corrected chi connectivity index (χ0v) is 8.30. The predicted molar refractivity (Wildman–Crippen MR) is 47.1 cm³/mol. The topological polar surface area (TPSA) is 29.1 Å². The molecule has 0 fully saturated rings. The van der Waals surface area contributed by atoms with E-state index in [1.807, 2.05) is 9.24 Å². The van der Waals surface area contributed by atoms with Gasteiger partial charge < -0.3 is 5.32 Å². The largest absolute Gasteiger partial charge is 0.351 e. The number of carbonyl (C=O) groups excluding carboxylic acids is 1. The van der Waals surface area contributed by atoms with Crippen LogP contribution in [0.25, 0.3) is 0 Å². The van der Waals surface area contributed by atoms with Crippen molar-refractivity contribution in [2.45, 2.75) is 38.6 Å². The van der Waals surface area contributed by atoms with Crippen molar-refractivity contribution in [3.63, 3.8) is 0 Å². The molecule has 66 valence electrons. The fourth-order valence-electron chi connectivity index (χ4n) is 0.543. The van der Waals surface area contributed by atoms with Crippen molar-refractivity contribution < 1.29 is 9.18 Å². The fraction of sp³-hybridized carbons (Fsp3) is 0.857. The van der Waals surface area contributed by atoms with E-state index < -0.39 is 11.3 Å². The first-order valence-corrected chi connectivity index (χ1v) is 4.26. The highest BCUT2D eigenvalue weighted by atomic mass is 31.0. The van der Waals surface area contributed by atoms with Crippen molar-refractivity contribution in [2.75, 3.05) is 0 Å². The van der Waals surface area contributed by atoms with Gasteiger partial charge in [-0.2, -0.15) is 0 Å². The van der Waals surface area contributed by atoms with Crippen molar-refractivity contribution in [2.24, 2.45) is 0 Å². The molecule has 0 aliphatic rings. The Morgan fingerprint density at radius 1 is 1.73 bits per heavy atom. The van der Waals surface area contributed by atoms with Crippen molar-refractivity contribution in [1.82, 2.24) is 5.32 Å². The summed E-state index contributed by atoms with van der Waals surface area (Å²) in [6, 6.07) is -0.00951. The molecule has 1 amide bonds. The molecule has 0 bridgehead atoms. The number of nitrogens with one attached hydrogen (secondary N) is 1. The molecule has 2 nitrogen and oxygen atoms in total. The van der Waals surface area contributed by atoms with Crippen LogP contribution in [0.1, 0.15) is 27.2 Å². The lowest BCUT2D eigenvalue weighted by molar-refractivity contribution is -0.128. The smallest absolute Gasteiger partial charge is 0.261 e. The maximum Gasteiger partial charge on any atom is 0.261 e. The molecular weight excluding hydrogens is 164 g/mol. The lowest BCUT2D eigenvalue weighted by atomic mass is 10.2. The lowest BCUT2D eigenvalue weighted by Crippen LogP contribution is -2.41. The normalized spacial score (nSPS) is 16.2. The summed E-state index contributed by atoms with van der Waals surface area (Å²) in [6.07, 6.45) is 0.177. The first kappa shape index (κ1) is 10.8. The summed E-state index contributed by atoms with van der Waals surface area (Å²) < 4.78 is 13.1. The van der Waals surface area contributed by atoms with E-state index in [2.05, 4.69) is 5.32 Å². The van der Waals surface area contributed by atoms with E-state index in [9.17, 15) is 9.18 Å². The van der Waals surface area contributed by atoms with E-state index in [0.717, 1.165) is 0 Å². The van der Waals surface area contributed by atoms with Crippen molar-refractivity contribution in [1.29, 1.82) is 0 Å². The number of alkyl halides is 1. The molecule has 2 unspecified atom stereocenters. The number of hydrogen-bond donors (Lipinski definition) is 1. The zero-order chi connectivity index (χ0) is 9.07. The molecule has 0 radical (unpaired) electrons. The number of halogens is 1. The van der Waals surface area contributed by atoms with Crippen LogP contribution < -0.4 is 5.32 Å². The highest BCUT2D eigenvalue weighted by Crippen LogP contribution is 2.24. The fourth-order valence-corrected chi connectivity index (χ4v) is 0.626. The lowest BCUT2D eigenvalue weighted by Gasteiger charge is -2.18. The third-order valence-electron chi connectivity index (χ3n) is 1.31. The van der Waals surface area contributed by atoms with Gasteiger partial charge in [-0.3, -0.25) is 4.79 Å². The minimum Gasteiger partial charge on any atom is -0.351 e. The molecular formula is C7H15FNOP. The van der Waals surface area contributed by atoms with Crippen LogP contribution >= 0.6 is 9.24 Å². The number of rotatable bonds is 3. The molecule has 11 heavy (non-hydrogen) atoms. The molecule has 0 spiro atoms. The molecule has 0 aromatic carbocycles. The first-order valence-electron chi connectivity index (χ1n) is 3.69. The molecule has 0 aliphatic heterocycles. The Labute approximate surface area is 69.1 Å². The Hall–Kier alpha value is -0.170. The summed E-state index contributed by atoms with van der Waals surface area (Å²) in [7, 11) is 1.92. The van der Waals surface area contributed by atoms with E-state index in [-0.39, 0.29) is 12.5 Å². The summed E-state index contributed by atoms with van der Waals surface area (Å²) in [5, 5.41) is 0.698. The Bertz CT molecular complexity index is 147. The summed E-state index contributed by atoms with van der Waals surface area (Å²) in [5.74, 6) is -0.556. The molecule has 0 aromatic heterocycles. The van der Waals surface area contributed by atoms with Crippen LogP contribution in [0.15, 0.2) is 0 Å². The minimum absolute atomic E-state index is 0.00951. The average molecular weight is 179 g/mol. The molecule has 1 N–H and O–H groups in total. The van der Waals surface area contributed by atoms with E-state index in [1.54, 1.807) is 20.8 Å². The van der Waals surface area contributed by atoms with Crippen LogP contribution in [0.4, 0.5) is 4.39 Å². The quantitative estimate of drug-likeness (QED) is 0.653. The maximum absolute atomic E-state index is 13.1. The van der Waals surface area contributed by atoms with Gasteiger partial charge in [0.15, 0.2) is 0 Å². The second-order valence-electron chi connectivity index (χ2n) is 2.84. The Balaban J connectivity index is 4.02. The molecule has 0 aromatic rings. The van der Waals surface area contributed by atoms with Crippen molar-refractivity contribution in [3.8, 4) is 0 Å². The third-order valence-corrected chi connectivity index (χ3v) is 1.98. The molecule has 4 heteroatoms. The maximum atomic E-state index is 13.1. The molecule has 0 heterocycles. The van der Waals surface area contributed by atoms with Gasteiger partial charge in [0.2, 0.25) is 5.41 Å². The van der Waals surface area contributed by atoms with Gasteiger partial charge in [0, 0.05) is 6.04 Å². The van der Waals surface area contributed by atoms with E-state index in [0.29, 0.717) is 0 Å². The van der Waals surface area contributed by atoms with Crippen molar-refractivity contribution >= 4 is 15.1 Å². The SMILES string of the molecule is CCC(F)(P)C(=O)NC(C)C. The van der Waals surface area contributed by atoms with E-state index in [1.165, 1.54) is 0 Å². The zero-order valence-electron chi connectivity index (χ0n) is 7.15. The summed E-state index contributed by atoms with van der Waals surface area (Å²) in [5.41, 5.74) is 0. The van der Waals surface area contributed by atoms with Crippen LogP contribution in [0.5, 0.6) is 0 Å². The standard InChI is InChI=1S/C7H15FNOP/c1-4-7(8,11)6(10)9-5(2)3/h5H,4,11H2,1-3H3,(H,9,10). The van der Waals surface area contributed by atoms with Crippen LogP contribution in [0.2, 0.25) is 0 Å². The van der Waals surface area contributed by atoms with Crippen molar-refractivity contribution in [3.05, 3.63) is 0 Å². The minimum atomic E-state index is -1.80. The molecule has 0 aliphatic carbocycles. The van der Waals surface area contributed by atoms with Gasteiger partial charge in [0.25, 0.3) is 5.91 Å². The van der Waals surface area contributed by atoms with Crippen LogP contribution in [-0.4, -0.2) is 17.4 Å². The van der Waals surface area contributed by atoms with Gasteiger partial charge in [-0.05, 0) is 20.3 Å². The molecule has 2 atom stereocenters. The second kappa shape index (κ2) is 4.01. The van der Waals surface area contributed by atoms with Crippen LogP contribution in [0.3, 0.4) is 0 Å². The molecule has 0 saturated carbocycles. The summed E-state index contributed by atoms with van der Waals surface area (Å²) in [6.45, 7) is 5.23. The van der Waals surface area contributed by atoms with Gasteiger partial charge in [0.1, 0.15) is 0 Å². The third kappa shape index (κ3) is 3.66. The molecule has 0 rings (SSSR count). The Morgan fingerprint density at radius 3 is 2.45 bits per heavy atom. The van der Waals surface area contributed by atoms with Gasteiger partial charge in [-0.25, -0.2) is 4.39 Å². The predicted octanol–water partition coefficient (Wildman–Crippen LogP) is 1.46. The number of carbonyl (C=O) groups is 1.